The molecule has 212 valence electrons. The molecule has 0 bridgehead atoms. The zero-order chi connectivity index (χ0) is 28.8. The molecule has 0 aliphatic rings. The van der Waals surface area contributed by atoms with E-state index in [1.165, 1.54) is 10.9 Å². The maximum Gasteiger partial charge on any atom is 0.430 e. The summed E-state index contributed by atoms with van der Waals surface area (Å²) in [6, 6.07) is 8.80. The SMILES string of the molecule is CC(C)(C)OC(=O)N(c1cscn1)S(=O)(=O)c1cc(Cl)c(Oc2ccccc2CCCNCC(N)O)cc1F. The molecule has 1 atom stereocenters. The standard InChI is InChI=1S/C25H30ClFN4O6S2/c1-25(2,3)37-24(33)31(23-14-38-15-30-23)39(34,35)21-11-17(26)20(12-18(21)27)36-19-9-5-4-7-16(19)8-6-10-29-13-22(28)32/h4-5,7,9,11-12,14-15,22,29,32H,6,8,10,13,28H2,1-3H3. The third kappa shape index (κ3) is 8.34. The molecule has 1 unspecified atom stereocenters. The van der Waals surface area contributed by atoms with Crippen molar-refractivity contribution in [2.75, 3.05) is 17.4 Å². The number of carbonyl (C=O) groups excluding carboxylic acids is 1. The van der Waals surface area contributed by atoms with E-state index in [1.54, 1.807) is 32.9 Å². The third-order valence-electron chi connectivity index (χ3n) is 5.04. The lowest BCUT2D eigenvalue weighted by atomic mass is 10.1. The minimum atomic E-state index is -4.82. The molecule has 2 aromatic carbocycles. The Kier molecular flexibility index (Phi) is 10.3. The number of aliphatic hydroxyl groups is 1. The minimum absolute atomic E-state index is 0.109. The van der Waals surface area contributed by atoms with Crippen LogP contribution >= 0.6 is 22.9 Å². The van der Waals surface area contributed by atoms with Crippen LogP contribution in [0.2, 0.25) is 5.02 Å². The predicted octanol–water partition coefficient (Wildman–Crippen LogP) is 4.66. The van der Waals surface area contributed by atoms with Crippen LogP contribution < -0.4 is 20.1 Å². The van der Waals surface area contributed by atoms with Gasteiger partial charge in [0.25, 0.3) is 10.0 Å². The molecule has 0 saturated heterocycles. The maximum atomic E-state index is 15.3. The Hall–Kier alpha value is -2.81. The average molecular weight is 601 g/mol. The first-order chi connectivity index (χ1) is 18.3. The third-order valence-corrected chi connectivity index (χ3v) is 7.59. The predicted molar refractivity (Wildman–Crippen MR) is 147 cm³/mol. The van der Waals surface area contributed by atoms with E-state index in [2.05, 4.69) is 10.3 Å². The van der Waals surface area contributed by atoms with Crippen molar-refractivity contribution in [2.24, 2.45) is 5.73 Å². The number of hydrogen-bond acceptors (Lipinski definition) is 10. The van der Waals surface area contributed by atoms with Crippen LogP contribution in [0.15, 0.2) is 52.2 Å². The molecule has 39 heavy (non-hydrogen) atoms. The summed E-state index contributed by atoms with van der Waals surface area (Å²) in [5.74, 6) is -1.12. The summed E-state index contributed by atoms with van der Waals surface area (Å²) in [4.78, 5) is 15.9. The fraction of sp³-hybridized carbons (Fsp3) is 0.360. The van der Waals surface area contributed by atoms with E-state index in [0.29, 0.717) is 29.4 Å². The molecule has 4 N–H and O–H groups in total. The first kappa shape index (κ1) is 30.7. The maximum absolute atomic E-state index is 15.3. The Morgan fingerprint density at radius 3 is 2.64 bits per heavy atom. The number of rotatable bonds is 11. The number of carbonyl (C=O) groups is 1. The molecule has 1 amide bonds. The number of anilines is 1. The van der Waals surface area contributed by atoms with Crippen molar-refractivity contribution in [3.8, 4) is 11.5 Å². The highest BCUT2D eigenvalue weighted by Crippen LogP contribution is 2.37. The van der Waals surface area contributed by atoms with E-state index >= 15 is 4.39 Å². The lowest BCUT2D eigenvalue weighted by Crippen LogP contribution is -2.41. The van der Waals surface area contributed by atoms with E-state index in [0.717, 1.165) is 29.0 Å². The van der Waals surface area contributed by atoms with E-state index in [-0.39, 0.29) is 23.1 Å². The first-order valence-electron chi connectivity index (χ1n) is 11.9. The molecule has 1 heterocycles. The van der Waals surface area contributed by atoms with Crippen LogP contribution in [0, 0.1) is 5.82 Å². The molecule has 14 heteroatoms. The van der Waals surface area contributed by atoms with Crippen molar-refractivity contribution in [2.45, 2.75) is 50.3 Å². The van der Waals surface area contributed by atoms with E-state index in [4.69, 9.17) is 31.9 Å². The number of nitrogens with one attached hydrogen (secondary N) is 1. The number of ether oxygens (including phenoxy) is 2. The Morgan fingerprint density at radius 2 is 2.00 bits per heavy atom. The van der Waals surface area contributed by atoms with Crippen molar-refractivity contribution in [1.82, 2.24) is 10.3 Å². The summed E-state index contributed by atoms with van der Waals surface area (Å²) in [6.07, 6.45) is -0.894. The quantitative estimate of drug-likeness (QED) is 0.211. The number of para-hydroxylation sites is 1. The first-order valence-corrected chi connectivity index (χ1v) is 14.6. The Bertz CT molecular complexity index is 1380. The fourth-order valence-electron chi connectivity index (χ4n) is 3.39. The van der Waals surface area contributed by atoms with Crippen molar-refractivity contribution in [3.05, 3.63) is 63.7 Å². The molecular formula is C25H30ClFN4O6S2. The van der Waals surface area contributed by atoms with Crippen LogP contribution in [0.5, 0.6) is 11.5 Å². The fourth-order valence-corrected chi connectivity index (χ4v) is 5.59. The number of aromatic nitrogens is 1. The molecule has 0 spiro atoms. The van der Waals surface area contributed by atoms with Gasteiger partial charge in [0.05, 0.1) is 10.5 Å². The zero-order valence-corrected chi connectivity index (χ0v) is 23.9. The van der Waals surface area contributed by atoms with Crippen molar-refractivity contribution in [1.29, 1.82) is 0 Å². The normalized spacial score (nSPS) is 12.7. The van der Waals surface area contributed by atoms with Crippen LogP contribution in [0.3, 0.4) is 0 Å². The number of thiazole rings is 1. The molecule has 0 aliphatic heterocycles. The smallest absolute Gasteiger partial charge is 0.430 e. The molecule has 0 saturated carbocycles. The van der Waals surface area contributed by atoms with Gasteiger partial charge in [0.15, 0.2) is 5.82 Å². The van der Waals surface area contributed by atoms with Gasteiger partial charge in [-0.1, -0.05) is 29.8 Å². The van der Waals surface area contributed by atoms with Gasteiger partial charge in [-0.2, -0.15) is 0 Å². The topological polar surface area (TPSA) is 144 Å². The Labute approximate surface area is 235 Å². The largest absolute Gasteiger partial charge is 0.455 e. The number of hydrogen-bond donors (Lipinski definition) is 3. The van der Waals surface area contributed by atoms with Gasteiger partial charge in [0.1, 0.15) is 34.0 Å². The zero-order valence-electron chi connectivity index (χ0n) is 21.6. The summed E-state index contributed by atoms with van der Waals surface area (Å²) in [6.45, 7) is 5.56. The molecule has 3 rings (SSSR count). The van der Waals surface area contributed by atoms with Crippen molar-refractivity contribution < 1.29 is 32.2 Å². The summed E-state index contributed by atoms with van der Waals surface area (Å²) in [5, 5.41) is 13.3. The van der Waals surface area contributed by atoms with Gasteiger partial charge in [-0.25, -0.2) is 22.6 Å². The van der Waals surface area contributed by atoms with Crippen LogP contribution in [0.1, 0.15) is 32.8 Å². The van der Waals surface area contributed by atoms with Gasteiger partial charge < -0.3 is 25.6 Å². The van der Waals surface area contributed by atoms with E-state index < -0.39 is 38.7 Å². The second kappa shape index (κ2) is 13.0. The van der Waals surface area contributed by atoms with Crippen LogP contribution in [0.4, 0.5) is 15.0 Å². The van der Waals surface area contributed by atoms with Gasteiger partial charge in [0.2, 0.25) is 0 Å². The van der Waals surface area contributed by atoms with Gasteiger partial charge in [0, 0.05) is 18.0 Å². The summed E-state index contributed by atoms with van der Waals surface area (Å²) in [7, 11) is -4.82. The lowest BCUT2D eigenvalue weighted by Gasteiger charge is -2.26. The second-order valence-corrected chi connectivity index (χ2v) is 12.3. The monoisotopic (exact) mass is 600 g/mol. The van der Waals surface area contributed by atoms with E-state index in [1.807, 2.05) is 12.1 Å². The number of aryl methyl sites for hydroxylation is 1. The molecule has 0 aliphatic carbocycles. The minimum Gasteiger partial charge on any atom is -0.455 e. The lowest BCUT2D eigenvalue weighted by molar-refractivity contribution is 0.0608. The highest BCUT2D eigenvalue weighted by atomic mass is 35.5. The molecular weight excluding hydrogens is 571 g/mol. The molecule has 3 aromatic rings. The number of halogens is 2. The molecule has 10 nitrogen and oxygen atoms in total. The van der Waals surface area contributed by atoms with Crippen molar-refractivity contribution >= 4 is 44.9 Å². The highest BCUT2D eigenvalue weighted by molar-refractivity contribution is 7.93. The number of nitrogens with zero attached hydrogens (tertiary/aromatic N) is 2. The Morgan fingerprint density at radius 1 is 1.28 bits per heavy atom. The van der Waals surface area contributed by atoms with Crippen LogP contribution in [-0.4, -0.2) is 49.5 Å². The molecule has 0 radical (unpaired) electrons. The summed E-state index contributed by atoms with van der Waals surface area (Å²) >= 11 is 7.40. The number of sulfonamides is 1. The van der Waals surface area contributed by atoms with Gasteiger partial charge in [-0.15, -0.1) is 15.6 Å². The van der Waals surface area contributed by atoms with Gasteiger partial charge >= 0.3 is 6.09 Å². The van der Waals surface area contributed by atoms with Crippen LogP contribution in [0.25, 0.3) is 0 Å². The highest BCUT2D eigenvalue weighted by Gasteiger charge is 2.38. The summed E-state index contributed by atoms with van der Waals surface area (Å²) in [5.41, 5.74) is 6.42. The van der Waals surface area contributed by atoms with Crippen LogP contribution in [-0.2, 0) is 21.2 Å². The Balaban J connectivity index is 1.88. The number of benzene rings is 2. The number of amides is 1. The average Bonchev–Trinajstić information content (AvgIpc) is 3.34. The summed E-state index contributed by atoms with van der Waals surface area (Å²) < 4.78 is 53.7. The number of aliphatic hydroxyl groups excluding tert-OH is 1. The van der Waals surface area contributed by atoms with Crippen molar-refractivity contribution in [3.63, 3.8) is 0 Å². The van der Waals surface area contributed by atoms with Gasteiger partial charge in [-0.05, 0) is 57.9 Å². The van der Waals surface area contributed by atoms with E-state index in [9.17, 15) is 13.2 Å². The molecule has 1 aromatic heterocycles. The number of nitrogens with two attached hydrogens (primary N) is 1. The second-order valence-electron chi connectivity index (χ2n) is 9.39. The molecule has 0 fully saturated rings. The van der Waals surface area contributed by atoms with Gasteiger partial charge in [-0.3, -0.25) is 0 Å².